The van der Waals surface area contributed by atoms with E-state index in [2.05, 4.69) is 4.98 Å². The Hall–Kier alpha value is -2.21. The molecule has 0 aromatic carbocycles. The van der Waals surface area contributed by atoms with Gasteiger partial charge in [-0.25, -0.2) is 0 Å². The van der Waals surface area contributed by atoms with Crippen molar-refractivity contribution in [3.63, 3.8) is 0 Å². The van der Waals surface area contributed by atoms with Gasteiger partial charge >= 0.3 is 5.97 Å². The number of rotatable bonds is 3. The zero-order chi connectivity index (χ0) is 14.6. The number of hydrogen-bond acceptors (Lipinski definition) is 4. The Bertz CT molecular complexity index is 644. The van der Waals surface area contributed by atoms with Crippen molar-refractivity contribution < 1.29 is 19.4 Å². The normalized spacial score (nSPS) is 36.3. The van der Waals surface area contributed by atoms with Gasteiger partial charge < -0.3 is 14.7 Å². The fraction of sp³-hybridized carbons (Fsp3) is 0.400. The second kappa shape index (κ2) is 4.14. The average molecular weight is 286 g/mol. The van der Waals surface area contributed by atoms with Crippen molar-refractivity contribution in [2.24, 2.45) is 11.8 Å². The maximum absolute atomic E-state index is 12.6. The van der Waals surface area contributed by atoms with Crippen LogP contribution in [0.3, 0.4) is 0 Å². The van der Waals surface area contributed by atoms with E-state index in [1.807, 2.05) is 18.2 Å². The van der Waals surface area contributed by atoms with E-state index in [1.165, 1.54) is 0 Å². The van der Waals surface area contributed by atoms with Crippen LogP contribution in [0.4, 0.5) is 0 Å². The fourth-order valence-corrected chi connectivity index (χ4v) is 3.71. The fourth-order valence-electron chi connectivity index (χ4n) is 3.71. The molecule has 1 amide bonds. The van der Waals surface area contributed by atoms with Crippen LogP contribution in [-0.4, -0.2) is 45.1 Å². The molecule has 1 spiro atoms. The smallest absolute Gasteiger partial charge is 0.310 e. The lowest BCUT2D eigenvalue weighted by molar-refractivity contribution is -0.148. The summed E-state index contributed by atoms with van der Waals surface area (Å²) in [4.78, 5) is 29.8. The number of likely N-dealkylation sites (tertiary alicyclic amines) is 1. The summed E-state index contributed by atoms with van der Waals surface area (Å²) >= 11 is 0. The van der Waals surface area contributed by atoms with Crippen LogP contribution >= 0.6 is 0 Å². The highest BCUT2D eigenvalue weighted by Gasteiger charge is 2.66. The van der Waals surface area contributed by atoms with Crippen molar-refractivity contribution in [2.45, 2.75) is 18.2 Å². The summed E-state index contributed by atoms with van der Waals surface area (Å²) in [6.07, 6.45) is 6.55. The average Bonchev–Trinajstić information content (AvgIpc) is 3.09. The number of amides is 1. The van der Waals surface area contributed by atoms with Crippen LogP contribution in [0.5, 0.6) is 0 Å². The summed E-state index contributed by atoms with van der Waals surface area (Å²) in [6.45, 7) is 0.835. The van der Waals surface area contributed by atoms with Crippen LogP contribution in [0.15, 0.2) is 36.7 Å². The van der Waals surface area contributed by atoms with E-state index in [-0.39, 0.29) is 5.91 Å². The van der Waals surface area contributed by atoms with Crippen LogP contribution in [0.2, 0.25) is 0 Å². The summed E-state index contributed by atoms with van der Waals surface area (Å²) in [6, 6.07) is 3.71. The lowest BCUT2D eigenvalue weighted by atomic mass is 9.77. The minimum Gasteiger partial charge on any atom is -0.481 e. The van der Waals surface area contributed by atoms with E-state index in [9.17, 15) is 14.7 Å². The quantitative estimate of drug-likeness (QED) is 0.816. The molecule has 21 heavy (non-hydrogen) atoms. The molecular formula is C15H14N2O4. The number of ether oxygens (including phenoxy) is 1. The molecule has 4 atom stereocenters. The molecule has 0 aliphatic carbocycles. The molecule has 6 nitrogen and oxygen atoms in total. The molecule has 4 rings (SSSR count). The lowest BCUT2D eigenvalue weighted by Gasteiger charge is -2.21. The minimum atomic E-state index is -0.965. The molecule has 1 aromatic heterocycles. The standard InChI is InChI=1S/C15H14N2O4/c18-13-12-11(14(19)20)10-3-4-15(12,21-10)8-17(13)7-9-2-1-5-16-6-9/h1-6,10-12H,7-8H2,(H,19,20)/t10-,11+,12+,15+/m0/s1. The zero-order valence-corrected chi connectivity index (χ0v) is 11.2. The summed E-state index contributed by atoms with van der Waals surface area (Å²) in [5.74, 6) is -2.49. The van der Waals surface area contributed by atoms with Crippen LogP contribution in [0, 0.1) is 11.8 Å². The van der Waals surface area contributed by atoms with Gasteiger partial charge in [-0.05, 0) is 11.6 Å². The largest absolute Gasteiger partial charge is 0.481 e. The Balaban J connectivity index is 1.63. The molecule has 3 aliphatic rings. The minimum absolute atomic E-state index is 0.141. The zero-order valence-electron chi connectivity index (χ0n) is 11.2. The number of fused-ring (bicyclic) bond motifs is 1. The molecule has 1 aromatic rings. The van der Waals surface area contributed by atoms with Gasteiger partial charge in [0.25, 0.3) is 0 Å². The highest BCUT2D eigenvalue weighted by molar-refractivity contribution is 5.90. The first-order chi connectivity index (χ1) is 10.1. The number of hydrogen-bond donors (Lipinski definition) is 1. The van der Waals surface area contributed by atoms with Gasteiger partial charge in [-0.2, -0.15) is 0 Å². The lowest BCUT2D eigenvalue weighted by Crippen LogP contribution is -2.39. The van der Waals surface area contributed by atoms with Crippen molar-refractivity contribution in [3.05, 3.63) is 42.2 Å². The van der Waals surface area contributed by atoms with Crippen molar-refractivity contribution in [2.75, 3.05) is 6.54 Å². The molecule has 2 saturated heterocycles. The first-order valence-corrected chi connectivity index (χ1v) is 6.88. The Morgan fingerprint density at radius 1 is 1.57 bits per heavy atom. The van der Waals surface area contributed by atoms with Crippen molar-refractivity contribution >= 4 is 11.9 Å². The Morgan fingerprint density at radius 3 is 3.14 bits per heavy atom. The second-order valence-corrected chi connectivity index (χ2v) is 5.79. The summed E-state index contributed by atoms with van der Waals surface area (Å²) in [5, 5.41) is 9.38. The third-order valence-electron chi connectivity index (χ3n) is 4.56. The van der Waals surface area contributed by atoms with Gasteiger partial charge in [-0.1, -0.05) is 18.2 Å². The molecule has 108 valence electrons. The third kappa shape index (κ3) is 1.65. The summed E-state index contributed by atoms with van der Waals surface area (Å²) < 4.78 is 5.83. The number of carbonyl (C=O) groups excluding carboxylic acids is 1. The Morgan fingerprint density at radius 2 is 2.43 bits per heavy atom. The molecule has 2 bridgehead atoms. The maximum Gasteiger partial charge on any atom is 0.310 e. The first kappa shape index (κ1) is 12.5. The Kier molecular flexibility index (Phi) is 2.47. The van der Waals surface area contributed by atoms with Gasteiger partial charge in [-0.3, -0.25) is 14.6 Å². The second-order valence-electron chi connectivity index (χ2n) is 5.79. The molecular weight excluding hydrogens is 272 g/mol. The monoisotopic (exact) mass is 286 g/mol. The number of nitrogens with zero attached hydrogens (tertiary/aromatic N) is 2. The number of pyridine rings is 1. The van der Waals surface area contributed by atoms with Crippen LogP contribution in [0.25, 0.3) is 0 Å². The topological polar surface area (TPSA) is 79.7 Å². The van der Waals surface area contributed by atoms with Gasteiger partial charge in [0.15, 0.2) is 0 Å². The van der Waals surface area contributed by atoms with Crippen molar-refractivity contribution in [3.8, 4) is 0 Å². The number of carboxylic acid groups (broad SMARTS) is 1. The molecule has 2 fully saturated rings. The molecule has 0 unspecified atom stereocenters. The molecule has 6 heteroatoms. The van der Waals surface area contributed by atoms with E-state index in [0.29, 0.717) is 13.1 Å². The first-order valence-electron chi connectivity index (χ1n) is 6.88. The number of aliphatic carboxylic acids is 1. The molecule has 0 radical (unpaired) electrons. The highest BCUT2D eigenvalue weighted by atomic mass is 16.5. The number of carboxylic acids is 1. The summed E-state index contributed by atoms with van der Waals surface area (Å²) in [7, 11) is 0. The van der Waals surface area contributed by atoms with E-state index in [0.717, 1.165) is 5.56 Å². The van der Waals surface area contributed by atoms with Gasteiger partial charge in [0.1, 0.15) is 11.5 Å². The molecule has 1 N–H and O–H groups in total. The van der Waals surface area contributed by atoms with E-state index >= 15 is 0 Å². The van der Waals surface area contributed by atoms with E-state index in [1.54, 1.807) is 23.4 Å². The van der Waals surface area contributed by atoms with Gasteiger partial charge in [-0.15, -0.1) is 0 Å². The van der Waals surface area contributed by atoms with Crippen LogP contribution in [0.1, 0.15) is 5.56 Å². The summed E-state index contributed by atoms with van der Waals surface area (Å²) in [5.41, 5.74) is 0.167. The maximum atomic E-state index is 12.6. The predicted octanol–water partition coefficient (Wildman–Crippen LogP) is 0.448. The highest BCUT2D eigenvalue weighted by Crippen LogP contribution is 2.52. The van der Waals surface area contributed by atoms with Gasteiger partial charge in [0.05, 0.1) is 18.6 Å². The van der Waals surface area contributed by atoms with Crippen LogP contribution in [-0.2, 0) is 20.9 Å². The molecule has 4 heterocycles. The van der Waals surface area contributed by atoms with Crippen LogP contribution < -0.4 is 0 Å². The predicted molar refractivity (Wildman–Crippen MR) is 71.0 cm³/mol. The van der Waals surface area contributed by atoms with E-state index < -0.39 is 29.5 Å². The van der Waals surface area contributed by atoms with Crippen molar-refractivity contribution in [1.82, 2.24) is 9.88 Å². The number of aromatic nitrogens is 1. The van der Waals surface area contributed by atoms with Gasteiger partial charge in [0, 0.05) is 18.9 Å². The molecule has 0 saturated carbocycles. The third-order valence-corrected chi connectivity index (χ3v) is 4.56. The van der Waals surface area contributed by atoms with Gasteiger partial charge in [0.2, 0.25) is 5.91 Å². The molecule has 3 aliphatic heterocycles. The SMILES string of the molecule is O=C(O)[C@@H]1[C@@H]2C=C[C@]3(CN(Cc4cccnc4)C(=O)[C@@H]13)O2. The van der Waals surface area contributed by atoms with E-state index in [4.69, 9.17) is 4.74 Å². The Labute approximate surface area is 121 Å². The number of carbonyl (C=O) groups is 2. The van der Waals surface area contributed by atoms with Crippen molar-refractivity contribution in [1.29, 1.82) is 0 Å².